The molecule has 1 unspecified atom stereocenters. The number of aliphatic hydroxyl groups is 3. The van der Waals surface area contributed by atoms with E-state index >= 15 is 0 Å². The van der Waals surface area contributed by atoms with Crippen LogP contribution in [0, 0.1) is 0 Å². The summed E-state index contributed by atoms with van der Waals surface area (Å²) in [5, 5.41) is 27.2. The average molecular weight is 443 g/mol. The molecule has 7 nitrogen and oxygen atoms in total. The van der Waals surface area contributed by atoms with E-state index < -0.39 is 18.0 Å². The van der Waals surface area contributed by atoms with Crippen LogP contribution in [0.15, 0.2) is 24.3 Å². The number of ether oxygens (including phenoxy) is 2. The summed E-state index contributed by atoms with van der Waals surface area (Å²) in [5.74, 6) is -0.931. The zero-order chi connectivity index (χ0) is 23.0. The highest BCUT2D eigenvalue weighted by atomic mass is 16.5. The Bertz CT molecular complexity index is 488. The number of hydrogen-bond acceptors (Lipinski definition) is 7. The second-order valence-corrected chi connectivity index (χ2v) is 7.60. The van der Waals surface area contributed by atoms with Gasteiger partial charge >= 0.3 is 11.9 Å². The largest absolute Gasteiger partial charge is 0.462 e. The summed E-state index contributed by atoms with van der Waals surface area (Å²) in [6.07, 6.45) is 17.3. The average Bonchev–Trinajstić information content (AvgIpc) is 2.76. The predicted octanol–water partition coefficient (Wildman–Crippen LogP) is 3.60. The molecule has 0 aliphatic carbocycles. The van der Waals surface area contributed by atoms with Crippen LogP contribution < -0.4 is 0 Å². The van der Waals surface area contributed by atoms with Crippen molar-refractivity contribution >= 4 is 11.9 Å². The zero-order valence-electron chi connectivity index (χ0n) is 18.9. The second kappa shape index (κ2) is 23.0. The maximum atomic E-state index is 11.6. The van der Waals surface area contributed by atoms with Crippen LogP contribution in [-0.4, -0.2) is 59.8 Å². The molecule has 0 aromatic heterocycles. The number of aliphatic hydroxyl groups excluding tert-OH is 3. The summed E-state index contributed by atoms with van der Waals surface area (Å²) < 4.78 is 10.0. The van der Waals surface area contributed by atoms with Crippen molar-refractivity contribution in [3.05, 3.63) is 24.3 Å². The number of carbonyl (C=O) groups is 2. The summed E-state index contributed by atoms with van der Waals surface area (Å²) in [5.41, 5.74) is 0. The quantitative estimate of drug-likeness (QED) is 0.141. The van der Waals surface area contributed by atoms with Crippen LogP contribution in [0.4, 0.5) is 0 Å². The number of carbonyl (C=O) groups excluding carboxylic acids is 2. The lowest BCUT2D eigenvalue weighted by Crippen LogP contribution is -2.20. The molecule has 0 saturated carbocycles. The molecule has 0 aliphatic rings. The fourth-order valence-corrected chi connectivity index (χ4v) is 2.82. The van der Waals surface area contributed by atoms with Gasteiger partial charge in [-0.1, -0.05) is 50.7 Å². The van der Waals surface area contributed by atoms with E-state index in [2.05, 4.69) is 0 Å². The number of unbranched alkanes of at least 4 members (excludes halogenated alkanes) is 10. The van der Waals surface area contributed by atoms with Gasteiger partial charge in [-0.25, -0.2) is 9.59 Å². The lowest BCUT2D eigenvalue weighted by atomic mass is 10.1. The molecule has 180 valence electrons. The van der Waals surface area contributed by atoms with E-state index in [4.69, 9.17) is 19.7 Å². The molecule has 0 rings (SSSR count). The third kappa shape index (κ3) is 22.8. The number of hydrogen-bond donors (Lipinski definition) is 3. The Hall–Kier alpha value is -1.70. The Labute approximate surface area is 187 Å². The first-order chi connectivity index (χ1) is 15.1. The molecule has 0 aromatic carbocycles. The van der Waals surface area contributed by atoms with Crippen LogP contribution in [0.5, 0.6) is 0 Å². The van der Waals surface area contributed by atoms with Crippen molar-refractivity contribution in [3.63, 3.8) is 0 Å². The molecule has 7 heteroatoms. The summed E-state index contributed by atoms with van der Waals surface area (Å²) in [6, 6.07) is 0. The Balaban J connectivity index is 3.61. The molecule has 1 atom stereocenters. The van der Waals surface area contributed by atoms with Gasteiger partial charge in [-0.05, 0) is 38.5 Å². The summed E-state index contributed by atoms with van der Waals surface area (Å²) in [6.45, 7) is 0.418. The molecule has 0 heterocycles. The first-order valence-corrected chi connectivity index (χ1v) is 11.7. The van der Waals surface area contributed by atoms with E-state index in [1.54, 1.807) is 12.2 Å². The fourth-order valence-electron chi connectivity index (χ4n) is 2.82. The first kappa shape index (κ1) is 29.3. The van der Waals surface area contributed by atoms with Gasteiger partial charge in [0.1, 0.15) is 6.61 Å². The van der Waals surface area contributed by atoms with Gasteiger partial charge in [0.2, 0.25) is 0 Å². The van der Waals surface area contributed by atoms with E-state index in [1.807, 2.05) is 0 Å². The van der Waals surface area contributed by atoms with Crippen molar-refractivity contribution in [2.24, 2.45) is 0 Å². The number of allylic oxidation sites excluding steroid dienone is 2. The molecule has 0 amide bonds. The maximum Gasteiger partial charge on any atom is 0.330 e. The molecule has 0 saturated heterocycles. The van der Waals surface area contributed by atoms with E-state index in [1.165, 1.54) is 12.2 Å². The number of rotatable bonds is 21. The lowest BCUT2D eigenvalue weighted by Gasteiger charge is -2.10. The Morgan fingerprint density at radius 2 is 1.13 bits per heavy atom. The van der Waals surface area contributed by atoms with Crippen molar-refractivity contribution in [2.75, 3.05) is 26.4 Å². The van der Waals surface area contributed by atoms with E-state index in [9.17, 15) is 14.7 Å². The maximum absolute atomic E-state index is 11.6. The highest BCUT2D eigenvalue weighted by Crippen LogP contribution is 2.06. The van der Waals surface area contributed by atoms with Gasteiger partial charge in [0.25, 0.3) is 0 Å². The summed E-state index contributed by atoms with van der Waals surface area (Å²) >= 11 is 0. The van der Waals surface area contributed by atoms with Gasteiger partial charge in [0.15, 0.2) is 0 Å². The highest BCUT2D eigenvalue weighted by molar-refractivity contribution is 5.82. The minimum absolute atomic E-state index is 0.0647. The van der Waals surface area contributed by atoms with E-state index in [0.29, 0.717) is 0 Å². The van der Waals surface area contributed by atoms with Crippen molar-refractivity contribution in [3.8, 4) is 0 Å². The monoisotopic (exact) mass is 442 g/mol. The second-order valence-electron chi connectivity index (χ2n) is 7.60. The molecular formula is C24H42O7. The molecule has 0 fully saturated rings. The SMILES string of the molecule is O=C(/C=C/CCCCCCCO)OCCC(O)COC(=O)/C=C/CCCCCCCO. The van der Waals surface area contributed by atoms with Crippen LogP contribution in [0.25, 0.3) is 0 Å². The Kier molecular flexibility index (Phi) is 21.7. The van der Waals surface area contributed by atoms with Gasteiger partial charge in [0.05, 0.1) is 12.7 Å². The van der Waals surface area contributed by atoms with Crippen LogP contribution in [-0.2, 0) is 19.1 Å². The van der Waals surface area contributed by atoms with Crippen molar-refractivity contribution in [2.45, 2.75) is 89.6 Å². The van der Waals surface area contributed by atoms with Crippen LogP contribution >= 0.6 is 0 Å². The summed E-state index contributed by atoms with van der Waals surface area (Å²) in [4.78, 5) is 23.2. The van der Waals surface area contributed by atoms with Crippen LogP contribution in [0.3, 0.4) is 0 Å². The van der Waals surface area contributed by atoms with Gasteiger partial charge in [0, 0.05) is 31.8 Å². The van der Waals surface area contributed by atoms with Crippen molar-refractivity contribution < 1.29 is 34.4 Å². The van der Waals surface area contributed by atoms with Crippen LogP contribution in [0.1, 0.15) is 83.5 Å². The smallest absolute Gasteiger partial charge is 0.330 e. The molecule has 31 heavy (non-hydrogen) atoms. The molecule has 0 bridgehead atoms. The standard InChI is InChI=1S/C24H42O7/c25-18-13-9-5-1-3-7-11-15-23(28)30-20-17-22(27)21-31-24(29)16-12-8-4-2-6-10-14-19-26/h11-12,15-16,22,25-27H,1-10,13-14,17-21H2/b15-11+,16-12+. The molecular weight excluding hydrogens is 400 g/mol. The molecule has 3 N–H and O–H groups in total. The number of esters is 2. The van der Waals surface area contributed by atoms with Gasteiger partial charge in [-0.15, -0.1) is 0 Å². The third-order valence-corrected chi connectivity index (χ3v) is 4.68. The lowest BCUT2D eigenvalue weighted by molar-refractivity contribution is -0.143. The van der Waals surface area contributed by atoms with E-state index in [-0.39, 0.29) is 32.8 Å². The predicted molar refractivity (Wildman–Crippen MR) is 120 cm³/mol. The third-order valence-electron chi connectivity index (χ3n) is 4.68. The Morgan fingerprint density at radius 1 is 0.677 bits per heavy atom. The summed E-state index contributed by atoms with van der Waals surface area (Å²) in [7, 11) is 0. The van der Waals surface area contributed by atoms with Crippen molar-refractivity contribution in [1.29, 1.82) is 0 Å². The van der Waals surface area contributed by atoms with Gasteiger partial charge in [-0.3, -0.25) is 0 Å². The first-order valence-electron chi connectivity index (χ1n) is 11.7. The zero-order valence-corrected chi connectivity index (χ0v) is 18.9. The topological polar surface area (TPSA) is 113 Å². The highest BCUT2D eigenvalue weighted by Gasteiger charge is 2.08. The molecule has 0 spiro atoms. The Morgan fingerprint density at radius 3 is 1.65 bits per heavy atom. The fraction of sp³-hybridized carbons (Fsp3) is 0.750. The van der Waals surface area contributed by atoms with Crippen LogP contribution in [0.2, 0.25) is 0 Å². The molecule has 0 aromatic rings. The minimum atomic E-state index is -0.875. The molecule has 0 aliphatic heterocycles. The molecule has 0 radical (unpaired) electrons. The minimum Gasteiger partial charge on any atom is -0.462 e. The van der Waals surface area contributed by atoms with E-state index in [0.717, 1.165) is 77.0 Å². The van der Waals surface area contributed by atoms with Gasteiger partial charge in [-0.2, -0.15) is 0 Å². The normalized spacial score (nSPS) is 12.5. The van der Waals surface area contributed by atoms with Crippen molar-refractivity contribution in [1.82, 2.24) is 0 Å². The van der Waals surface area contributed by atoms with Gasteiger partial charge < -0.3 is 24.8 Å².